The van der Waals surface area contributed by atoms with Crippen LogP contribution in [0.5, 0.6) is 0 Å². The number of piperidine rings is 1. The highest BCUT2D eigenvalue weighted by atomic mass is 35.5. The Morgan fingerprint density at radius 2 is 2.14 bits per heavy atom. The molecule has 1 saturated heterocycles. The molecular weight excluding hydrogens is 390 g/mol. The smallest absolute Gasteiger partial charge is 0.290 e. The maximum Gasteiger partial charge on any atom is 0.290 e. The van der Waals surface area contributed by atoms with Crippen molar-refractivity contribution in [1.29, 1.82) is 0 Å². The van der Waals surface area contributed by atoms with Crippen LogP contribution in [0.2, 0.25) is 5.02 Å². The number of fused-ring (bicyclic) bond motifs is 2. The van der Waals surface area contributed by atoms with E-state index < -0.39 is 0 Å². The van der Waals surface area contributed by atoms with Crippen LogP contribution in [-0.4, -0.2) is 44.9 Å². The van der Waals surface area contributed by atoms with E-state index in [4.69, 9.17) is 21.5 Å². The van der Waals surface area contributed by atoms with Crippen LogP contribution in [0.4, 0.5) is 0 Å². The zero-order valence-corrected chi connectivity index (χ0v) is 17.9. The molecule has 2 aliphatic rings. The van der Waals surface area contributed by atoms with Crippen LogP contribution in [0.1, 0.15) is 63.9 Å². The van der Waals surface area contributed by atoms with Crippen LogP contribution in [0.3, 0.4) is 0 Å². The first-order valence-electron chi connectivity index (χ1n) is 10.5. The van der Waals surface area contributed by atoms with Crippen LogP contribution in [0.15, 0.2) is 18.5 Å². The van der Waals surface area contributed by atoms with Crippen molar-refractivity contribution in [2.75, 3.05) is 6.54 Å². The van der Waals surface area contributed by atoms with Crippen molar-refractivity contribution < 1.29 is 14.7 Å². The first-order valence-corrected chi connectivity index (χ1v) is 10.8. The lowest BCUT2D eigenvalue weighted by Gasteiger charge is -2.47. The van der Waals surface area contributed by atoms with Crippen molar-refractivity contribution in [3.8, 4) is 0 Å². The number of hydrogen-bond donors (Lipinski definition) is 2. The van der Waals surface area contributed by atoms with E-state index >= 15 is 0 Å². The number of pyridine rings is 1. The lowest BCUT2D eigenvalue weighted by molar-refractivity contribution is -0.139. The van der Waals surface area contributed by atoms with Gasteiger partial charge in [-0.1, -0.05) is 38.3 Å². The van der Waals surface area contributed by atoms with Gasteiger partial charge in [-0.2, -0.15) is 0 Å². The number of likely N-dealkylation sites (tertiary alicyclic amines) is 1. The molecule has 1 saturated carbocycles. The molecule has 0 radical (unpaired) electrons. The lowest BCUT2D eigenvalue weighted by atomic mass is 9.72. The molecule has 1 aliphatic heterocycles. The van der Waals surface area contributed by atoms with E-state index in [0.717, 1.165) is 35.5 Å². The van der Waals surface area contributed by atoms with Gasteiger partial charge in [-0.3, -0.25) is 9.59 Å². The summed E-state index contributed by atoms with van der Waals surface area (Å²) in [5.41, 5.74) is 1.89. The molecule has 2 aromatic heterocycles. The van der Waals surface area contributed by atoms with E-state index in [1.807, 2.05) is 12.3 Å². The van der Waals surface area contributed by atoms with Gasteiger partial charge in [0.1, 0.15) is 5.65 Å². The largest absolute Gasteiger partial charge is 0.483 e. The molecule has 0 bridgehead atoms. The summed E-state index contributed by atoms with van der Waals surface area (Å²) in [5, 5.41) is 8.54. The van der Waals surface area contributed by atoms with Gasteiger partial charge in [0.25, 0.3) is 6.47 Å². The number of carboxylic acid groups (broad SMARTS) is 1. The average Bonchev–Trinajstić information content (AvgIpc) is 3.15. The average molecular weight is 420 g/mol. The van der Waals surface area contributed by atoms with Crippen molar-refractivity contribution >= 4 is 35.0 Å². The molecule has 1 amide bonds. The molecule has 4 unspecified atom stereocenters. The van der Waals surface area contributed by atoms with Gasteiger partial charge in [0.15, 0.2) is 0 Å². The predicted molar refractivity (Wildman–Crippen MR) is 114 cm³/mol. The van der Waals surface area contributed by atoms with Crippen molar-refractivity contribution in [3.05, 3.63) is 29.0 Å². The molecule has 1 aliphatic carbocycles. The third-order valence-corrected chi connectivity index (χ3v) is 6.94. The molecule has 2 fully saturated rings. The number of carbonyl (C=O) groups is 2. The number of carbonyl (C=O) groups excluding carboxylic acids is 1. The fourth-order valence-electron chi connectivity index (χ4n) is 5.14. The summed E-state index contributed by atoms with van der Waals surface area (Å²) in [6, 6.07) is 2.27. The molecule has 4 atom stereocenters. The Morgan fingerprint density at radius 3 is 2.90 bits per heavy atom. The number of H-pyrrole nitrogens is 1. The molecule has 7 heteroatoms. The Hall–Kier alpha value is -2.08. The topological polar surface area (TPSA) is 86.3 Å². The van der Waals surface area contributed by atoms with Crippen molar-refractivity contribution in [2.24, 2.45) is 11.8 Å². The summed E-state index contributed by atoms with van der Waals surface area (Å²) in [5.74, 6) is 1.87. The Labute approximate surface area is 176 Å². The Kier molecular flexibility index (Phi) is 7.17. The van der Waals surface area contributed by atoms with Gasteiger partial charge >= 0.3 is 0 Å². The summed E-state index contributed by atoms with van der Waals surface area (Å²) >= 11 is 6.38. The Balaban J connectivity index is 0.000000755. The summed E-state index contributed by atoms with van der Waals surface area (Å²) in [6.07, 6.45) is 10.4. The Bertz CT molecular complexity index is 853. The lowest BCUT2D eigenvalue weighted by Crippen LogP contribution is -2.52. The minimum atomic E-state index is -0.250. The second kappa shape index (κ2) is 9.61. The molecule has 4 rings (SSSR count). The highest BCUT2D eigenvalue weighted by Crippen LogP contribution is 2.40. The van der Waals surface area contributed by atoms with Gasteiger partial charge in [0, 0.05) is 36.8 Å². The molecule has 0 spiro atoms. The Morgan fingerprint density at radius 1 is 1.41 bits per heavy atom. The molecular formula is C22H30ClN3O3. The van der Waals surface area contributed by atoms with Crippen molar-refractivity contribution in [2.45, 2.75) is 64.3 Å². The van der Waals surface area contributed by atoms with E-state index in [1.54, 1.807) is 6.20 Å². The fraction of sp³-hybridized carbons (Fsp3) is 0.591. The van der Waals surface area contributed by atoms with E-state index in [-0.39, 0.29) is 12.4 Å². The monoisotopic (exact) mass is 419 g/mol. The minimum absolute atomic E-state index is 0.124. The van der Waals surface area contributed by atoms with E-state index in [0.29, 0.717) is 29.3 Å². The predicted octanol–water partition coefficient (Wildman–Crippen LogP) is 4.84. The van der Waals surface area contributed by atoms with Crippen LogP contribution >= 0.6 is 11.6 Å². The van der Waals surface area contributed by atoms with Gasteiger partial charge in [-0.15, -0.1) is 0 Å². The molecule has 2 N–H and O–H groups in total. The van der Waals surface area contributed by atoms with Crippen LogP contribution in [-0.2, 0) is 9.59 Å². The quantitative estimate of drug-likeness (QED) is 0.697. The highest BCUT2D eigenvalue weighted by Gasteiger charge is 2.39. The van der Waals surface area contributed by atoms with Gasteiger partial charge in [0.05, 0.1) is 5.02 Å². The first-order chi connectivity index (χ1) is 14.0. The van der Waals surface area contributed by atoms with Gasteiger partial charge in [-0.25, -0.2) is 4.98 Å². The molecule has 3 heterocycles. The third kappa shape index (κ3) is 4.58. The summed E-state index contributed by atoms with van der Waals surface area (Å²) in [7, 11) is 0. The second-order valence-corrected chi connectivity index (χ2v) is 8.75. The number of aromatic nitrogens is 2. The van der Waals surface area contributed by atoms with Crippen LogP contribution < -0.4 is 0 Å². The van der Waals surface area contributed by atoms with E-state index in [1.165, 1.54) is 25.7 Å². The van der Waals surface area contributed by atoms with E-state index in [2.05, 4.69) is 28.7 Å². The summed E-state index contributed by atoms with van der Waals surface area (Å²) < 4.78 is 0. The normalized spacial score (nSPS) is 24.9. The minimum Gasteiger partial charge on any atom is -0.483 e. The van der Waals surface area contributed by atoms with Gasteiger partial charge in [-0.05, 0) is 48.6 Å². The SMILES string of the molecule is CC(CC(=O)N1CCC(C)C2CCCCC21)c1c[nH]c2nccc(Cl)c12.O=CO. The summed E-state index contributed by atoms with van der Waals surface area (Å²) in [6.45, 7) is 5.16. The molecule has 2 aromatic rings. The highest BCUT2D eigenvalue weighted by molar-refractivity contribution is 6.35. The number of rotatable bonds is 3. The first kappa shape index (κ1) is 21.6. The maximum atomic E-state index is 13.2. The maximum absolute atomic E-state index is 13.2. The molecule has 158 valence electrons. The van der Waals surface area contributed by atoms with Gasteiger partial charge < -0.3 is 15.0 Å². The number of nitrogens with one attached hydrogen (secondary N) is 1. The second-order valence-electron chi connectivity index (χ2n) is 8.34. The van der Waals surface area contributed by atoms with Crippen molar-refractivity contribution in [3.63, 3.8) is 0 Å². The molecule has 6 nitrogen and oxygen atoms in total. The fourth-order valence-corrected chi connectivity index (χ4v) is 5.40. The standard InChI is InChI=1S/C21H28ClN3O.CH2O2/c1-13-8-10-25(18-6-4-3-5-15(13)18)19(26)11-14(2)16-12-24-21-20(16)17(22)7-9-23-21;2-1-3/h7,9,12-15,18H,3-6,8,10-11H2,1-2H3,(H,23,24);1H,(H,2,3). The van der Waals surface area contributed by atoms with E-state index in [9.17, 15) is 4.79 Å². The number of amides is 1. The van der Waals surface area contributed by atoms with Crippen LogP contribution in [0.25, 0.3) is 11.0 Å². The number of hydrogen-bond acceptors (Lipinski definition) is 3. The summed E-state index contributed by atoms with van der Waals surface area (Å²) in [4.78, 5) is 31.3. The molecule has 0 aromatic carbocycles. The zero-order valence-electron chi connectivity index (χ0n) is 17.1. The van der Waals surface area contributed by atoms with Crippen LogP contribution in [0, 0.1) is 11.8 Å². The number of aromatic amines is 1. The molecule has 29 heavy (non-hydrogen) atoms. The number of halogens is 1. The third-order valence-electron chi connectivity index (χ3n) is 6.62. The van der Waals surface area contributed by atoms with Crippen molar-refractivity contribution in [1.82, 2.24) is 14.9 Å². The van der Waals surface area contributed by atoms with Gasteiger partial charge in [0.2, 0.25) is 5.91 Å². The zero-order chi connectivity index (χ0) is 21.0. The number of nitrogens with zero attached hydrogens (tertiary/aromatic N) is 2.